The summed E-state index contributed by atoms with van der Waals surface area (Å²) in [5.41, 5.74) is 1.99. The van der Waals surface area contributed by atoms with Crippen molar-refractivity contribution in [2.45, 2.75) is 33.2 Å². The number of thiophene rings is 1. The van der Waals surface area contributed by atoms with Crippen LogP contribution in [0.1, 0.15) is 41.5 Å². The van der Waals surface area contributed by atoms with Gasteiger partial charge in [0.1, 0.15) is 16.4 Å². The first kappa shape index (κ1) is 23.9. The van der Waals surface area contributed by atoms with Gasteiger partial charge in [-0.05, 0) is 56.2 Å². The summed E-state index contributed by atoms with van der Waals surface area (Å²) in [7, 11) is 0. The molecular formula is C27H24FN3O4S. The van der Waals surface area contributed by atoms with Gasteiger partial charge in [-0.1, -0.05) is 19.1 Å². The van der Waals surface area contributed by atoms with Gasteiger partial charge in [0.2, 0.25) is 0 Å². The number of rotatable bonds is 6. The van der Waals surface area contributed by atoms with Crippen LogP contribution in [-0.2, 0) is 4.79 Å². The third-order valence-electron chi connectivity index (χ3n) is 6.38. The molecule has 184 valence electrons. The van der Waals surface area contributed by atoms with Crippen LogP contribution in [0.25, 0.3) is 21.3 Å². The molecule has 9 heteroatoms. The van der Waals surface area contributed by atoms with Crippen molar-refractivity contribution in [1.29, 1.82) is 0 Å². The monoisotopic (exact) mass is 505 g/mol. The highest BCUT2D eigenvalue weighted by Crippen LogP contribution is 2.36. The molecule has 2 aromatic carbocycles. The molecular weight excluding hydrogens is 481 g/mol. The number of fused-ring (bicyclic) bond motifs is 2. The highest BCUT2D eigenvalue weighted by molar-refractivity contribution is 7.19. The Morgan fingerprint density at radius 3 is 2.67 bits per heavy atom. The van der Waals surface area contributed by atoms with Crippen LogP contribution in [0.3, 0.4) is 0 Å². The first-order valence-corrected chi connectivity index (χ1v) is 12.5. The number of halogens is 1. The summed E-state index contributed by atoms with van der Waals surface area (Å²) in [6, 6.07) is 10.1. The SMILES string of the molecule is CCCN1C(=O)COc2ccc(C(=O)C(C)n3cnc4sc(C)c(-c5ccc(F)cc5)c4c3=O)cc21. The Balaban J connectivity index is 1.55. The molecule has 0 fully saturated rings. The molecule has 0 bridgehead atoms. The van der Waals surface area contributed by atoms with Crippen molar-refractivity contribution in [3.63, 3.8) is 0 Å². The molecule has 0 aliphatic carbocycles. The topological polar surface area (TPSA) is 81.5 Å². The molecule has 0 radical (unpaired) electrons. The number of aryl methyl sites for hydroxylation is 1. The Labute approximate surface area is 210 Å². The third kappa shape index (κ3) is 3.99. The molecule has 0 saturated carbocycles. The summed E-state index contributed by atoms with van der Waals surface area (Å²) in [6.07, 6.45) is 2.16. The van der Waals surface area contributed by atoms with Gasteiger partial charge in [0.15, 0.2) is 12.4 Å². The van der Waals surface area contributed by atoms with E-state index in [0.717, 1.165) is 11.3 Å². The van der Waals surface area contributed by atoms with Crippen molar-refractivity contribution >= 4 is 38.9 Å². The van der Waals surface area contributed by atoms with Crippen LogP contribution in [0.15, 0.2) is 53.6 Å². The molecule has 0 saturated heterocycles. The molecule has 7 nitrogen and oxygen atoms in total. The molecule has 4 aromatic rings. The maximum atomic E-state index is 13.6. The minimum absolute atomic E-state index is 0.0335. The zero-order valence-corrected chi connectivity index (χ0v) is 20.9. The first-order valence-electron chi connectivity index (χ1n) is 11.7. The molecule has 36 heavy (non-hydrogen) atoms. The second kappa shape index (κ2) is 9.31. The smallest absolute Gasteiger partial charge is 0.265 e. The van der Waals surface area contributed by atoms with E-state index in [0.29, 0.717) is 44.9 Å². The molecule has 5 rings (SSSR count). The van der Waals surface area contributed by atoms with Gasteiger partial charge in [-0.15, -0.1) is 11.3 Å². The quantitative estimate of drug-likeness (QED) is 0.339. The summed E-state index contributed by atoms with van der Waals surface area (Å²) in [5.74, 6) is -0.259. The minimum atomic E-state index is -0.839. The van der Waals surface area contributed by atoms with Crippen LogP contribution < -0.4 is 15.2 Å². The molecule has 1 amide bonds. The van der Waals surface area contributed by atoms with E-state index < -0.39 is 6.04 Å². The van der Waals surface area contributed by atoms with Crippen LogP contribution in [-0.4, -0.2) is 34.4 Å². The number of Topliss-reactive ketones (excluding diaryl/α,β-unsaturated/α-hetero) is 1. The fourth-order valence-corrected chi connectivity index (χ4v) is 5.55. The summed E-state index contributed by atoms with van der Waals surface area (Å²) in [5, 5.41) is 0.407. The Kier molecular flexibility index (Phi) is 6.17. The Morgan fingerprint density at radius 1 is 1.19 bits per heavy atom. The number of carbonyl (C=O) groups is 2. The molecule has 1 aliphatic rings. The van der Waals surface area contributed by atoms with Gasteiger partial charge in [-0.2, -0.15) is 0 Å². The fourth-order valence-electron chi connectivity index (χ4n) is 4.55. The maximum absolute atomic E-state index is 13.6. The fraction of sp³-hybridized carbons (Fsp3) is 0.259. The lowest BCUT2D eigenvalue weighted by Gasteiger charge is -2.29. The summed E-state index contributed by atoms with van der Waals surface area (Å²) in [4.78, 5) is 47.0. The minimum Gasteiger partial charge on any atom is -0.482 e. The van der Waals surface area contributed by atoms with E-state index >= 15 is 0 Å². The number of anilines is 1. The highest BCUT2D eigenvalue weighted by atomic mass is 32.1. The van der Waals surface area contributed by atoms with Crippen LogP contribution >= 0.6 is 11.3 Å². The number of benzene rings is 2. The van der Waals surface area contributed by atoms with E-state index in [2.05, 4.69) is 4.98 Å². The van der Waals surface area contributed by atoms with Crippen LogP contribution in [0.2, 0.25) is 0 Å². The predicted octanol–water partition coefficient (Wildman–Crippen LogP) is 5.15. The third-order valence-corrected chi connectivity index (χ3v) is 7.39. The Morgan fingerprint density at radius 2 is 1.94 bits per heavy atom. The van der Waals surface area contributed by atoms with Gasteiger partial charge in [-0.25, -0.2) is 9.37 Å². The average molecular weight is 506 g/mol. The number of aromatic nitrogens is 2. The van der Waals surface area contributed by atoms with Crippen molar-refractivity contribution in [1.82, 2.24) is 9.55 Å². The zero-order valence-electron chi connectivity index (χ0n) is 20.1. The van der Waals surface area contributed by atoms with E-state index in [1.54, 1.807) is 42.2 Å². The number of nitrogens with zero attached hydrogens (tertiary/aromatic N) is 3. The lowest BCUT2D eigenvalue weighted by molar-refractivity contribution is -0.121. The van der Waals surface area contributed by atoms with Gasteiger partial charge >= 0.3 is 0 Å². The predicted molar refractivity (Wildman–Crippen MR) is 138 cm³/mol. The standard InChI is InChI=1S/C27H24FN3O4S/c1-4-11-30-20-12-18(7-10-21(20)35-13-22(30)32)25(33)15(2)31-14-29-26-24(27(31)34)23(16(3)36-26)17-5-8-19(28)9-6-17/h5-10,12,14-15H,4,11,13H2,1-3H3. The lowest BCUT2D eigenvalue weighted by Crippen LogP contribution is -2.39. The van der Waals surface area contributed by atoms with Crippen molar-refractivity contribution in [3.8, 4) is 16.9 Å². The van der Waals surface area contributed by atoms with E-state index in [1.165, 1.54) is 34.4 Å². The first-order chi connectivity index (χ1) is 17.3. The van der Waals surface area contributed by atoms with Crippen LogP contribution in [0.4, 0.5) is 10.1 Å². The van der Waals surface area contributed by atoms with Gasteiger partial charge < -0.3 is 9.64 Å². The van der Waals surface area contributed by atoms with Gasteiger partial charge in [0.05, 0.1) is 23.4 Å². The van der Waals surface area contributed by atoms with E-state index in [4.69, 9.17) is 4.74 Å². The van der Waals surface area contributed by atoms with Crippen LogP contribution in [0, 0.1) is 12.7 Å². The normalized spacial score (nSPS) is 14.0. The number of hydrogen-bond donors (Lipinski definition) is 0. The maximum Gasteiger partial charge on any atom is 0.265 e. The molecule has 3 heterocycles. The summed E-state index contributed by atoms with van der Waals surface area (Å²) >= 11 is 1.38. The van der Waals surface area contributed by atoms with Gasteiger partial charge in [-0.3, -0.25) is 19.0 Å². The average Bonchev–Trinajstić information content (AvgIpc) is 3.22. The van der Waals surface area contributed by atoms with E-state index in [-0.39, 0.29) is 29.7 Å². The second-order valence-corrected chi connectivity index (χ2v) is 9.94. The van der Waals surface area contributed by atoms with Crippen LogP contribution in [0.5, 0.6) is 5.75 Å². The zero-order chi connectivity index (χ0) is 25.6. The molecule has 2 aromatic heterocycles. The molecule has 1 aliphatic heterocycles. The van der Waals surface area contributed by atoms with E-state index in [9.17, 15) is 18.8 Å². The Hall–Kier alpha value is -3.85. The summed E-state index contributed by atoms with van der Waals surface area (Å²) in [6.45, 7) is 6.00. The Bertz CT molecular complexity index is 1560. The lowest BCUT2D eigenvalue weighted by atomic mass is 10.0. The highest BCUT2D eigenvalue weighted by Gasteiger charge is 2.28. The number of ketones is 1. The summed E-state index contributed by atoms with van der Waals surface area (Å²) < 4.78 is 20.4. The number of ether oxygens (including phenoxy) is 1. The van der Waals surface area contributed by atoms with Crippen molar-refractivity contribution in [3.05, 3.63) is 75.4 Å². The second-order valence-electron chi connectivity index (χ2n) is 8.73. The number of hydrogen-bond acceptors (Lipinski definition) is 6. The van der Waals surface area contributed by atoms with Gasteiger partial charge in [0.25, 0.3) is 11.5 Å². The van der Waals surface area contributed by atoms with Crippen molar-refractivity contribution < 1.29 is 18.7 Å². The van der Waals surface area contributed by atoms with Crippen molar-refractivity contribution in [2.24, 2.45) is 0 Å². The molecule has 1 atom stereocenters. The largest absolute Gasteiger partial charge is 0.482 e. The van der Waals surface area contributed by atoms with E-state index in [1.807, 2.05) is 13.8 Å². The number of amides is 1. The van der Waals surface area contributed by atoms with Gasteiger partial charge in [0, 0.05) is 22.5 Å². The molecule has 1 unspecified atom stereocenters. The number of carbonyl (C=O) groups excluding carboxylic acids is 2. The molecule has 0 N–H and O–H groups in total. The molecule has 0 spiro atoms. The van der Waals surface area contributed by atoms with Crippen molar-refractivity contribution in [2.75, 3.05) is 18.1 Å².